The Morgan fingerprint density at radius 2 is 2.42 bits per heavy atom. The van der Waals surface area contributed by atoms with Gasteiger partial charge in [0, 0.05) is 6.42 Å². The molecule has 0 amide bonds. The molecule has 4 heteroatoms. The first-order chi connectivity index (χ1) is 5.63. The van der Waals surface area contributed by atoms with E-state index in [1.807, 2.05) is 0 Å². The highest BCUT2D eigenvalue weighted by atomic mass is 16.5. The van der Waals surface area contributed by atoms with E-state index in [4.69, 9.17) is 9.84 Å². The number of carbonyl (C=O) groups is 2. The largest absolute Gasteiger partial charge is 0.480 e. The van der Waals surface area contributed by atoms with Crippen LogP contribution in [0.3, 0.4) is 0 Å². The van der Waals surface area contributed by atoms with Crippen LogP contribution in [0.25, 0.3) is 0 Å². The minimum atomic E-state index is -1.27. The molecule has 0 aromatic rings. The molecule has 4 nitrogen and oxygen atoms in total. The van der Waals surface area contributed by atoms with E-state index in [-0.39, 0.29) is 18.8 Å². The van der Waals surface area contributed by atoms with E-state index >= 15 is 0 Å². The molecule has 0 radical (unpaired) electrons. The molecular weight excluding hydrogens is 160 g/mol. The van der Waals surface area contributed by atoms with Gasteiger partial charge in [0.2, 0.25) is 0 Å². The van der Waals surface area contributed by atoms with Gasteiger partial charge in [-0.2, -0.15) is 0 Å². The molecular formula is C8H12O4. The van der Waals surface area contributed by atoms with Crippen LogP contribution >= 0.6 is 0 Å². The van der Waals surface area contributed by atoms with Crippen molar-refractivity contribution in [2.75, 3.05) is 13.2 Å². The number of carboxylic acid groups (broad SMARTS) is 1. The summed E-state index contributed by atoms with van der Waals surface area (Å²) in [7, 11) is 0. The summed E-state index contributed by atoms with van der Waals surface area (Å²) in [6.07, 6.45) is 0.529. The molecule has 1 atom stereocenters. The average molecular weight is 172 g/mol. The molecule has 1 unspecified atom stereocenters. The molecule has 1 heterocycles. The van der Waals surface area contributed by atoms with Gasteiger partial charge in [-0.05, 0) is 6.42 Å². The van der Waals surface area contributed by atoms with Gasteiger partial charge < -0.3 is 9.84 Å². The van der Waals surface area contributed by atoms with Gasteiger partial charge in [-0.15, -0.1) is 0 Å². The maximum absolute atomic E-state index is 11.3. The topological polar surface area (TPSA) is 63.6 Å². The Hall–Kier alpha value is -0.900. The molecule has 12 heavy (non-hydrogen) atoms. The van der Waals surface area contributed by atoms with Crippen molar-refractivity contribution < 1.29 is 19.4 Å². The average Bonchev–Trinajstić information content (AvgIpc) is 2.05. The van der Waals surface area contributed by atoms with E-state index in [0.29, 0.717) is 13.0 Å². The van der Waals surface area contributed by atoms with E-state index in [1.165, 1.54) is 0 Å². The smallest absolute Gasteiger partial charge is 0.319 e. The third-order valence-electron chi connectivity index (χ3n) is 2.37. The lowest BCUT2D eigenvalue weighted by atomic mass is 9.79. The van der Waals surface area contributed by atoms with Gasteiger partial charge in [0.25, 0.3) is 0 Å². The van der Waals surface area contributed by atoms with Crippen LogP contribution in [0, 0.1) is 5.41 Å². The number of carboxylic acids is 1. The number of Topliss-reactive ketones (excluding diaryl/α,β-unsaturated/α-hetero) is 1. The lowest BCUT2D eigenvalue weighted by Gasteiger charge is -2.30. The Labute approximate surface area is 70.5 Å². The van der Waals surface area contributed by atoms with Crippen LogP contribution in [0.5, 0.6) is 0 Å². The van der Waals surface area contributed by atoms with Crippen molar-refractivity contribution in [1.82, 2.24) is 0 Å². The van der Waals surface area contributed by atoms with Crippen LogP contribution in [-0.4, -0.2) is 30.1 Å². The minimum absolute atomic E-state index is 0.0255. The van der Waals surface area contributed by atoms with Crippen LogP contribution in [-0.2, 0) is 14.3 Å². The summed E-state index contributed by atoms with van der Waals surface area (Å²) in [5.41, 5.74) is -1.27. The van der Waals surface area contributed by atoms with Crippen molar-refractivity contribution in [3.63, 3.8) is 0 Å². The van der Waals surface area contributed by atoms with E-state index in [9.17, 15) is 9.59 Å². The summed E-state index contributed by atoms with van der Waals surface area (Å²) in [4.78, 5) is 22.1. The second kappa shape index (κ2) is 3.23. The number of hydrogen-bond acceptors (Lipinski definition) is 3. The number of carbonyl (C=O) groups excluding carboxylic acids is 1. The van der Waals surface area contributed by atoms with Gasteiger partial charge >= 0.3 is 5.97 Å². The third-order valence-corrected chi connectivity index (χ3v) is 2.37. The van der Waals surface area contributed by atoms with Crippen molar-refractivity contribution in [2.45, 2.75) is 19.8 Å². The highest BCUT2D eigenvalue weighted by Gasteiger charge is 2.46. The molecule has 1 fully saturated rings. The van der Waals surface area contributed by atoms with Crippen molar-refractivity contribution >= 4 is 11.8 Å². The quantitative estimate of drug-likeness (QED) is 0.614. The van der Waals surface area contributed by atoms with Gasteiger partial charge in [0.05, 0.1) is 13.2 Å². The maximum atomic E-state index is 11.3. The van der Waals surface area contributed by atoms with E-state index in [2.05, 4.69) is 0 Å². The molecule has 0 aliphatic carbocycles. The first-order valence-electron chi connectivity index (χ1n) is 3.98. The monoisotopic (exact) mass is 172 g/mol. The molecule has 0 saturated carbocycles. The molecule has 0 aromatic heterocycles. The molecule has 0 spiro atoms. The molecule has 1 saturated heterocycles. The zero-order chi connectivity index (χ0) is 9.19. The predicted molar refractivity (Wildman–Crippen MR) is 40.8 cm³/mol. The second-order valence-electron chi connectivity index (χ2n) is 2.97. The molecule has 68 valence electrons. The number of ether oxygens (including phenoxy) is 1. The molecule has 0 aromatic carbocycles. The Morgan fingerprint density at radius 1 is 1.75 bits per heavy atom. The van der Waals surface area contributed by atoms with Crippen molar-refractivity contribution in [2.24, 2.45) is 5.41 Å². The van der Waals surface area contributed by atoms with Gasteiger partial charge in [-0.1, -0.05) is 6.92 Å². The van der Waals surface area contributed by atoms with E-state index in [1.54, 1.807) is 6.92 Å². The number of rotatable bonds is 2. The van der Waals surface area contributed by atoms with Gasteiger partial charge in [-0.25, -0.2) is 0 Å². The summed E-state index contributed by atoms with van der Waals surface area (Å²) in [5.74, 6) is -1.27. The van der Waals surface area contributed by atoms with Crippen molar-refractivity contribution in [3.8, 4) is 0 Å². The summed E-state index contributed by atoms with van der Waals surface area (Å²) >= 11 is 0. The molecule has 0 bridgehead atoms. The Balaban J connectivity index is 2.88. The fourth-order valence-corrected chi connectivity index (χ4v) is 1.36. The van der Waals surface area contributed by atoms with Gasteiger partial charge in [0.1, 0.15) is 5.41 Å². The Morgan fingerprint density at radius 3 is 2.75 bits per heavy atom. The van der Waals surface area contributed by atoms with Crippen LogP contribution < -0.4 is 0 Å². The SMILES string of the molecule is CCC1(C(=O)O)COCCC1=O. The molecule has 1 aliphatic heterocycles. The second-order valence-corrected chi connectivity index (χ2v) is 2.97. The lowest BCUT2D eigenvalue weighted by molar-refractivity contribution is -0.164. The summed E-state index contributed by atoms with van der Waals surface area (Å²) in [6, 6.07) is 0. The standard InChI is InChI=1S/C8H12O4/c1-2-8(7(10)11)5-12-4-3-6(8)9/h2-5H2,1H3,(H,10,11). The molecule has 1 rings (SSSR count). The van der Waals surface area contributed by atoms with E-state index < -0.39 is 11.4 Å². The summed E-state index contributed by atoms with van der Waals surface area (Å²) in [6.45, 7) is 2.08. The zero-order valence-electron chi connectivity index (χ0n) is 7.00. The van der Waals surface area contributed by atoms with Crippen LogP contribution in [0.2, 0.25) is 0 Å². The van der Waals surface area contributed by atoms with Crippen molar-refractivity contribution in [3.05, 3.63) is 0 Å². The van der Waals surface area contributed by atoms with Crippen molar-refractivity contribution in [1.29, 1.82) is 0 Å². The van der Waals surface area contributed by atoms with E-state index in [0.717, 1.165) is 0 Å². The fraction of sp³-hybridized carbons (Fsp3) is 0.750. The predicted octanol–water partition coefficient (Wildman–Crippen LogP) is 0.457. The highest BCUT2D eigenvalue weighted by molar-refractivity contribution is 6.03. The molecule has 1 N–H and O–H groups in total. The first kappa shape index (κ1) is 9.19. The highest BCUT2D eigenvalue weighted by Crippen LogP contribution is 2.28. The van der Waals surface area contributed by atoms with Gasteiger partial charge in [0.15, 0.2) is 5.78 Å². The third kappa shape index (κ3) is 1.22. The normalized spacial score (nSPS) is 30.2. The summed E-state index contributed by atoms with van der Waals surface area (Å²) < 4.78 is 5.01. The fourth-order valence-electron chi connectivity index (χ4n) is 1.36. The summed E-state index contributed by atoms with van der Waals surface area (Å²) in [5, 5.41) is 8.86. The Kier molecular flexibility index (Phi) is 2.47. The zero-order valence-corrected chi connectivity index (χ0v) is 7.00. The first-order valence-corrected chi connectivity index (χ1v) is 3.98. The Bertz CT molecular complexity index is 211. The lowest BCUT2D eigenvalue weighted by Crippen LogP contribution is -2.46. The minimum Gasteiger partial charge on any atom is -0.480 e. The molecule has 1 aliphatic rings. The van der Waals surface area contributed by atoms with Gasteiger partial charge in [-0.3, -0.25) is 9.59 Å². The number of aliphatic carboxylic acids is 1. The van der Waals surface area contributed by atoms with Crippen LogP contribution in [0.4, 0.5) is 0 Å². The maximum Gasteiger partial charge on any atom is 0.319 e. The number of ketones is 1. The van der Waals surface area contributed by atoms with Crippen LogP contribution in [0.15, 0.2) is 0 Å². The van der Waals surface area contributed by atoms with Crippen LogP contribution in [0.1, 0.15) is 19.8 Å². The number of hydrogen-bond donors (Lipinski definition) is 1.